The molecule has 0 spiro atoms. The number of thioether (sulfide) groups is 1. The Kier molecular flexibility index (Phi) is 6.44. The quantitative estimate of drug-likeness (QED) is 0.462. The van der Waals surface area contributed by atoms with E-state index in [0.29, 0.717) is 28.8 Å². The Balaban J connectivity index is 1.87. The third-order valence-corrected chi connectivity index (χ3v) is 5.03. The summed E-state index contributed by atoms with van der Waals surface area (Å²) in [7, 11) is 1.53. The molecule has 0 aliphatic heterocycles. The molecule has 2 N–H and O–H groups in total. The van der Waals surface area contributed by atoms with Crippen LogP contribution in [0, 0.1) is 0 Å². The predicted molar refractivity (Wildman–Crippen MR) is 107 cm³/mol. The topological polar surface area (TPSA) is 100 Å². The number of benzene rings is 1. The van der Waals surface area contributed by atoms with Crippen LogP contribution in [-0.2, 0) is 23.5 Å². The van der Waals surface area contributed by atoms with Crippen molar-refractivity contribution >= 4 is 17.7 Å². The molecule has 8 heteroatoms. The summed E-state index contributed by atoms with van der Waals surface area (Å²) in [5.74, 6) is 0.605. The fourth-order valence-corrected chi connectivity index (χ4v) is 3.57. The van der Waals surface area contributed by atoms with Gasteiger partial charge in [-0.2, -0.15) is 4.98 Å². The predicted octanol–water partition coefficient (Wildman–Crippen LogP) is 2.02. The average Bonchev–Trinajstić information content (AvgIpc) is 2.69. The molecule has 3 aromatic rings. The Labute approximate surface area is 166 Å². The number of carbonyl (C=O) groups is 1. The number of ether oxygens (including phenoxy) is 1. The molecule has 1 amide bonds. The van der Waals surface area contributed by atoms with Crippen LogP contribution in [0.15, 0.2) is 64.8 Å². The second-order valence-corrected chi connectivity index (χ2v) is 7.05. The van der Waals surface area contributed by atoms with E-state index in [1.54, 1.807) is 29.1 Å². The van der Waals surface area contributed by atoms with Gasteiger partial charge in [0.1, 0.15) is 6.54 Å². The number of hydrogen-bond acceptors (Lipinski definition) is 6. The molecular formula is C20H20N4O3S. The first-order chi connectivity index (χ1) is 13.5. The zero-order chi connectivity index (χ0) is 19.9. The summed E-state index contributed by atoms with van der Waals surface area (Å²) in [6, 6.07) is 13.4. The third kappa shape index (κ3) is 5.20. The van der Waals surface area contributed by atoms with Crippen LogP contribution in [0.5, 0.6) is 5.88 Å². The van der Waals surface area contributed by atoms with Crippen molar-refractivity contribution in [3.8, 4) is 5.88 Å². The number of rotatable bonds is 8. The lowest BCUT2D eigenvalue weighted by Gasteiger charge is -2.12. The van der Waals surface area contributed by atoms with Crippen molar-refractivity contribution < 1.29 is 9.53 Å². The fourth-order valence-electron chi connectivity index (χ4n) is 2.65. The number of methoxy groups -OCH3 is 1. The summed E-state index contributed by atoms with van der Waals surface area (Å²) < 4.78 is 6.75. The zero-order valence-corrected chi connectivity index (χ0v) is 16.2. The van der Waals surface area contributed by atoms with Gasteiger partial charge in [0.2, 0.25) is 11.8 Å². The van der Waals surface area contributed by atoms with Crippen LogP contribution in [-0.4, -0.2) is 27.6 Å². The van der Waals surface area contributed by atoms with E-state index in [-0.39, 0.29) is 12.1 Å². The summed E-state index contributed by atoms with van der Waals surface area (Å²) in [6.45, 7) is -0.0446. The zero-order valence-electron chi connectivity index (χ0n) is 15.4. The second kappa shape index (κ2) is 9.18. The van der Waals surface area contributed by atoms with E-state index >= 15 is 0 Å². The lowest BCUT2D eigenvalue weighted by molar-refractivity contribution is -0.118. The molecule has 1 aromatic carbocycles. The summed E-state index contributed by atoms with van der Waals surface area (Å²) in [4.78, 5) is 32.3. The maximum atomic E-state index is 12.5. The summed E-state index contributed by atoms with van der Waals surface area (Å²) in [5, 5.41) is 0.462. The first kappa shape index (κ1) is 19.6. The van der Waals surface area contributed by atoms with Crippen molar-refractivity contribution in [2.75, 3.05) is 7.11 Å². The second-order valence-electron chi connectivity index (χ2n) is 6.11. The summed E-state index contributed by atoms with van der Waals surface area (Å²) in [6.07, 6.45) is 3.63. The van der Waals surface area contributed by atoms with E-state index in [9.17, 15) is 9.59 Å². The van der Waals surface area contributed by atoms with E-state index in [1.165, 1.54) is 18.9 Å². The van der Waals surface area contributed by atoms with Crippen LogP contribution in [0.4, 0.5) is 0 Å². The molecule has 3 rings (SSSR count). The minimum atomic E-state index is -0.497. The Bertz CT molecular complexity index is 1020. The van der Waals surface area contributed by atoms with E-state index in [0.717, 1.165) is 11.1 Å². The Morgan fingerprint density at radius 2 is 2.00 bits per heavy atom. The molecule has 0 radical (unpaired) electrons. The van der Waals surface area contributed by atoms with Crippen molar-refractivity contribution in [1.82, 2.24) is 14.5 Å². The van der Waals surface area contributed by atoms with E-state index in [1.807, 2.05) is 30.3 Å². The highest BCUT2D eigenvalue weighted by atomic mass is 32.2. The molecule has 7 nitrogen and oxygen atoms in total. The van der Waals surface area contributed by atoms with Gasteiger partial charge in [0.25, 0.3) is 5.56 Å². The van der Waals surface area contributed by atoms with Crippen LogP contribution < -0.4 is 16.0 Å². The lowest BCUT2D eigenvalue weighted by Crippen LogP contribution is -2.25. The minimum absolute atomic E-state index is 0.0446. The SMILES string of the molecule is COc1cc(Cc2cn(CC(N)=O)c(SCc3ccccc3)nc2=O)ccn1. The number of pyridine rings is 1. The third-order valence-electron chi connectivity index (χ3n) is 3.97. The highest BCUT2D eigenvalue weighted by Gasteiger charge is 2.12. The molecule has 0 aliphatic carbocycles. The van der Waals surface area contributed by atoms with Gasteiger partial charge < -0.3 is 15.0 Å². The molecule has 0 saturated heterocycles. The van der Waals surface area contributed by atoms with Gasteiger partial charge in [-0.05, 0) is 17.2 Å². The number of nitrogens with two attached hydrogens (primary N) is 1. The van der Waals surface area contributed by atoms with Crippen LogP contribution in [0.2, 0.25) is 0 Å². The van der Waals surface area contributed by atoms with Gasteiger partial charge in [-0.15, -0.1) is 0 Å². The van der Waals surface area contributed by atoms with Gasteiger partial charge in [-0.25, -0.2) is 4.98 Å². The van der Waals surface area contributed by atoms with E-state index in [4.69, 9.17) is 10.5 Å². The average molecular weight is 396 g/mol. The lowest BCUT2D eigenvalue weighted by atomic mass is 10.1. The van der Waals surface area contributed by atoms with Gasteiger partial charge in [0.05, 0.1) is 7.11 Å². The number of hydrogen-bond donors (Lipinski definition) is 1. The molecule has 0 unspecified atom stereocenters. The Morgan fingerprint density at radius 3 is 2.71 bits per heavy atom. The summed E-state index contributed by atoms with van der Waals surface area (Å²) >= 11 is 1.39. The molecule has 0 fully saturated rings. The standard InChI is InChI=1S/C20H20N4O3S/c1-27-18-10-15(7-8-22-18)9-16-11-24(12-17(21)25)20(23-19(16)26)28-13-14-5-3-2-4-6-14/h2-8,10-11H,9,12-13H2,1H3,(H2,21,25). The Morgan fingerprint density at radius 1 is 1.21 bits per heavy atom. The molecule has 0 aliphatic rings. The molecule has 144 valence electrons. The molecule has 2 aromatic heterocycles. The van der Waals surface area contributed by atoms with Crippen LogP contribution >= 0.6 is 11.8 Å². The monoisotopic (exact) mass is 396 g/mol. The van der Waals surface area contributed by atoms with Crippen molar-refractivity contribution in [1.29, 1.82) is 0 Å². The van der Waals surface area contributed by atoms with Gasteiger partial charge in [0, 0.05) is 36.2 Å². The molecular weight excluding hydrogens is 376 g/mol. The van der Waals surface area contributed by atoms with Crippen LogP contribution in [0.1, 0.15) is 16.7 Å². The maximum absolute atomic E-state index is 12.5. The van der Waals surface area contributed by atoms with Crippen molar-refractivity contribution in [2.24, 2.45) is 5.73 Å². The fraction of sp³-hybridized carbons (Fsp3) is 0.200. The number of carbonyl (C=O) groups excluding carboxylic acids is 1. The Hall–Kier alpha value is -3.13. The molecule has 0 saturated carbocycles. The number of primary amides is 1. The molecule has 0 atom stereocenters. The van der Waals surface area contributed by atoms with Crippen molar-refractivity contribution in [3.63, 3.8) is 0 Å². The highest BCUT2D eigenvalue weighted by molar-refractivity contribution is 7.98. The minimum Gasteiger partial charge on any atom is -0.481 e. The van der Waals surface area contributed by atoms with Crippen LogP contribution in [0.25, 0.3) is 0 Å². The molecule has 2 heterocycles. The first-order valence-corrected chi connectivity index (χ1v) is 9.58. The first-order valence-electron chi connectivity index (χ1n) is 8.59. The molecule has 28 heavy (non-hydrogen) atoms. The number of amides is 1. The van der Waals surface area contributed by atoms with Gasteiger partial charge >= 0.3 is 0 Å². The van der Waals surface area contributed by atoms with E-state index < -0.39 is 5.91 Å². The van der Waals surface area contributed by atoms with Crippen molar-refractivity contribution in [3.05, 3.63) is 81.9 Å². The largest absolute Gasteiger partial charge is 0.481 e. The van der Waals surface area contributed by atoms with E-state index in [2.05, 4.69) is 9.97 Å². The van der Waals surface area contributed by atoms with Crippen LogP contribution in [0.3, 0.4) is 0 Å². The summed E-state index contributed by atoms with van der Waals surface area (Å²) in [5.41, 5.74) is 7.48. The van der Waals surface area contributed by atoms with Gasteiger partial charge in [0.15, 0.2) is 5.16 Å². The number of nitrogens with zero attached hydrogens (tertiary/aromatic N) is 3. The molecule has 0 bridgehead atoms. The maximum Gasteiger partial charge on any atom is 0.277 e. The van der Waals surface area contributed by atoms with Gasteiger partial charge in [-0.3, -0.25) is 9.59 Å². The van der Waals surface area contributed by atoms with Crippen molar-refractivity contribution in [2.45, 2.75) is 23.9 Å². The smallest absolute Gasteiger partial charge is 0.277 e. The van der Waals surface area contributed by atoms with Gasteiger partial charge in [-0.1, -0.05) is 42.1 Å². The number of aromatic nitrogens is 3. The normalized spacial score (nSPS) is 10.6. The highest BCUT2D eigenvalue weighted by Crippen LogP contribution is 2.21.